The van der Waals surface area contributed by atoms with Crippen molar-refractivity contribution in [2.45, 2.75) is 38.0 Å². The molecule has 16 heavy (non-hydrogen) atoms. The highest BCUT2D eigenvalue weighted by molar-refractivity contribution is 5.84. The number of hydrogen-bond donors (Lipinski definition) is 1. The molecule has 0 amide bonds. The van der Waals surface area contributed by atoms with Crippen molar-refractivity contribution in [2.75, 3.05) is 0 Å². The van der Waals surface area contributed by atoms with Crippen LogP contribution in [-0.4, -0.2) is 4.98 Å². The van der Waals surface area contributed by atoms with E-state index in [0.29, 0.717) is 5.92 Å². The molecule has 0 aliphatic heterocycles. The van der Waals surface area contributed by atoms with Gasteiger partial charge in [0.15, 0.2) is 0 Å². The number of aromatic amines is 1. The summed E-state index contributed by atoms with van der Waals surface area (Å²) in [6.07, 6.45) is 8.32. The predicted octanol–water partition coefficient (Wildman–Crippen LogP) is 4.35. The summed E-state index contributed by atoms with van der Waals surface area (Å²) in [7, 11) is 0. The highest BCUT2D eigenvalue weighted by atomic mass is 19.1. The van der Waals surface area contributed by atoms with Gasteiger partial charge in [0, 0.05) is 17.1 Å². The van der Waals surface area contributed by atoms with Crippen molar-refractivity contribution in [3.05, 3.63) is 35.8 Å². The second kappa shape index (κ2) is 3.93. The second-order valence-corrected chi connectivity index (χ2v) is 4.74. The lowest BCUT2D eigenvalue weighted by atomic mass is 9.84. The molecule has 0 saturated heterocycles. The topological polar surface area (TPSA) is 15.8 Å². The molecule has 0 bridgehead atoms. The summed E-state index contributed by atoms with van der Waals surface area (Å²) in [5.74, 6) is 0.471. The Morgan fingerprint density at radius 1 is 1.12 bits per heavy atom. The Kier molecular flexibility index (Phi) is 2.43. The third kappa shape index (κ3) is 1.53. The van der Waals surface area contributed by atoms with E-state index in [4.69, 9.17) is 0 Å². The molecule has 1 aliphatic rings. The zero-order valence-electron chi connectivity index (χ0n) is 9.30. The molecule has 0 radical (unpaired) electrons. The average molecular weight is 217 g/mol. The first-order valence-electron chi connectivity index (χ1n) is 6.12. The van der Waals surface area contributed by atoms with Crippen LogP contribution in [0.3, 0.4) is 0 Å². The molecule has 1 aromatic carbocycles. The van der Waals surface area contributed by atoms with Crippen molar-refractivity contribution >= 4 is 10.9 Å². The van der Waals surface area contributed by atoms with E-state index in [1.54, 1.807) is 12.1 Å². The molecular weight excluding hydrogens is 201 g/mol. The van der Waals surface area contributed by atoms with Gasteiger partial charge in [0.25, 0.3) is 0 Å². The standard InChI is InChI=1S/C14H16FN/c15-12-7-4-8-13-14(12)11(9-16-13)10-5-2-1-3-6-10/h4,7-10,16H,1-3,5-6H2. The van der Waals surface area contributed by atoms with Crippen LogP contribution in [0.15, 0.2) is 24.4 Å². The highest BCUT2D eigenvalue weighted by Crippen LogP contribution is 2.37. The highest BCUT2D eigenvalue weighted by Gasteiger charge is 2.20. The fraction of sp³-hybridized carbons (Fsp3) is 0.429. The van der Waals surface area contributed by atoms with Crippen LogP contribution in [0.4, 0.5) is 4.39 Å². The van der Waals surface area contributed by atoms with Crippen LogP contribution in [0.1, 0.15) is 43.6 Å². The lowest BCUT2D eigenvalue weighted by Crippen LogP contribution is -2.04. The summed E-state index contributed by atoms with van der Waals surface area (Å²) in [4.78, 5) is 3.19. The fourth-order valence-electron chi connectivity index (χ4n) is 2.90. The van der Waals surface area contributed by atoms with Crippen LogP contribution in [-0.2, 0) is 0 Å². The Labute approximate surface area is 94.7 Å². The Morgan fingerprint density at radius 3 is 2.75 bits per heavy atom. The fourth-order valence-corrected chi connectivity index (χ4v) is 2.90. The Morgan fingerprint density at radius 2 is 1.94 bits per heavy atom. The predicted molar refractivity (Wildman–Crippen MR) is 64.1 cm³/mol. The number of nitrogens with one attached hydrogen (secondary N) is 1. The molecular formula is C14H16FN. The van der Waals surface area contributed by atoms with Crippen molar-refractivity contribution in [3.8, 4) is 0 Å². The van der Waals surface area contributed by atoms with Crippen molar-refractivity contribution in [3.63, 3.8) is 0 Å². The van der Waals surface area contributed by atoms with Crippen LogP contribution in [0.2, 0.25) is 0 Å². The quantitative estimate of drug-likeness (QED) is 0.730. The second-order valence-electron chi connectivity index (χ2n) is 4.74. The summed E-state index contributed by atoms with van der Waals surface area (Å²) >= 11 is 0. The molecule has 1 saturated carbocycles. The van der Waals surface area contributed by atoms with Gasteiger partial charge in [0.2, 0.25) is 0 Å². The zero-order valence-corrected chi connectivity index (χ0v) is 9.30. The maximum Gasteiger partial charge on any atom is 0.132 e. The Balaban J connectivity index is 2.09. The number of rotatable bonds is 1. The largest absolute Gasteiger partial charge is 0.361 e. The first-order valence-corrected chi connectivity index (χ1v) is 6.12. The third-order valence-corrected chi connectivity index (χ3v) is 3.73. The van der Waals surface area contributed by atoms with Crippen LogP contribution in [0.5, 0.6) is 0 Å². The van der Waals surface area contributed by atoms with Gasteiger partial charge in [-0.3, -0.25) is 0 Å². The molecule has 1 fully saturated rings. The molecule has 1 nitrogen and oxygen atoms in total. The molecule has 84 valence electrons. The molecule has 0 spiro atoms. The lowest BCUT2D eigenvalue weighted by molar-refractivity contribution is 0.445. The van der Waals surface area contributed by atoms with E-state index in [2.05, 4.69) is 4.98 Å². The van der Waals surface area contributed by atoms with Crippen LogP contribution >= 0.6 is 0 Å². The van der Waals surface area contributed by atoms with Crippen molar-refractivity contribution in [1.29, 1.82) is 0 Å². The first-order chi connectivity index (χ1) is 7.86. The smallest absolute Gasteiger partial charge is 0.132 e. The number of aromatic nitrogens is 1. The first kappa shape index (κ1) is 9.88. The van der Waals surface area contributed by atoms with Gasteiger partial charge in [-0.15, -0.1) is 0 Å². The number of benzene rings is 1. The zero-order chi connectivity index (χ0) is 11.0. The number of halogens is 1. The normalized spacial score (nSPS) is 18.1. The van der Waals surface area contributed by atoms with Crippen LogP contribution in [0.25, 0.3) is 10.9 Å². The maximum atomic E-state index is 13.8. The van der Waals surface area contributed by atoms with Gasteiger partial charge in [-0.2, -0.15) is 0 Å². The Hall–Kier alpha value is -1.31. The summed E-state index contributed by atoms with van der Waals surface area (Å²) in [5, 5.41) is 0.814. The molecule has 1 heterocycles. The van der Waals surface area contributed by atoms with Crippen molar-refractivity contribution < 1.29 is 4.39 Å². The summed E-state index contributed by atoms with van der Waals surface area (Å²) in [6, 6.07) is 5.27. The Bertz CT molecular complexity index is 494. The molecule has 2 aromatic rings. The van der Waals surface area contributed by atoms with Gasteiger partial charge in [-0.05, 0) is 36.5 Å². The molecule has 3 rings (SSSR count). The minimum absolute atomic E-state index is 0.0840. The molecule has 1 N–H and O–H groups in total. The van der Waals surface area contributed by atoms with Gasteiger partial charge in [-0.1, -0.05) is 25.3 Å². The van der Waals surface area contributed by atoms with Gasteiger partial charge in [-0.25, -0.2) is 4.39 Å². The average Bonchev–Trinajstić information content (AvgIpc) is 2.75. The number of H-pyrrole nitrogens is 1. The lowest BCUT2D eigenvalue weighted by Gasteiger charge is -2.21. The molecule has 0 unspecified atom stereocenters. The molecule has 1 aliphatic carbocycles. The van der Waals surface area contributed by atoms with E-state index in [9.17, 15) is 4.39 Å². The van der Waals surface area contributed by atoms with Gasteiger partial charge < -0.3 is 4.98 Å². The molecule has 0 atom stereocenters. The maximum absolute atomic E-state index is 13.8. The summed E-state index contributed by atoms with van der Waals surface area (Å²) < 4.78 is 13.8. The van der Waals surface area contributed by atoms with E-state index >= 15 is 0 Å². The van der Waals surface area contributed by atoms with Gasteiger partial charge in [0.05, 0.1) is 0 Å². The number of fused-ring (bicyclic) bond motifs is 1. The van der Waals surface area contributed by atoms with E-state index in [1.807, 2.05) is 12.3 Å². The monoisotopic (exact) mass is 217 g/mol. The summed E-state index contributed by atoms with van der Waals surface area (Å²) in [6.45, 7) is 0. The minimum Gasteiger partial charge on any atom is -0.361 e. The van der Waals surface area contributed by atoms with E-state index in [1.165, 1.54) is 37.7 Å². The molecule has 2 heteroatoms. The van der Waals surface area contributed by atoms with Crippen molar-refractivity contribution in [2.24, 2.45) is 0 Å². The third-order valence-electron chi connectivity index (χ3n) is 3.73. The molecule has 1 aromatic heterocycles. The van der Waals surface area contributed by atoms with E-state index in [-0.39, 0.29) is 5.82 Å². The number of hydrogen-bond acceptors (Lipinski definition) is 0. The summed E-state index contributed by atoms with van der Waals surface area (Å²) in [5.41, 5.74) is 2.12. The van der Waals surface area contributed by atoms with Gasteiger partial charge >= 0.3 is 0 Å². The van der Waals surface area contributed by atoms with E-state index < -0.39 is 0 Å². The van der Waals surface area contributed by atoms with Gasteiger partial charge in [0.1, 0.15) is 5.82 Å². The van der Waals surface area contributed by atoms with Crippen LogP contribution in [0, 0.1) is 5.82 Å². The minimum atomic E-state index is -0.0840. The van der Waals surface area contributed by atoms with Crippen LogP contribution < -0.4 is 0 Å². The SMILES string of the molecule is Fc1cccc2[nH]cc(C3CCCCC3)c12. The van der Waals surface area contributed by atoms with Crippen molar-refractivity contribution in [1.82, 2.24) is 4.98 Å². The van der Waals surface area contributed by atoms with E-state index in [0.717, 1.165) is 10.9 Å².